The minimum atomic E-state index is -0.403. The summed E-state index contributed by atoms with van der Waals surface area (Å²) in [6.07, 6.45) is 0. The van der Waals surface area contributed by atoms with Crippen molar-refractivity contribution in [2.24, 2.45) is 7.05 Å². The smallest absolute Gasteiger partial charge is 0.254 e. The number of carbonyl (C=O) groups excluding carboxylic acids is 3. The predicted molar refractivity (Wildman–Crippen MR) is 130 cm³/mol. The van der Waals surface area contributed by atoms with Gasteiger partial charge in [-0.05, 0) is 30.8 Å². The van der Waals surface area contributed by atoms with Crippen LogP contribution in [0.4, 0.5) is 0 Å². The second kappa shape index (κ2) is 12.3. The maximum atomic E-state index is 11.8. The highest BCUT2D eigenvalue weighted by molar-refractivity contribution is 5.98. The molecule has 34 heavy (non-hydrogen) atoms. The number of hydrogen-bond acceptors (Lipinski definition) is 6. The van der Waals surface area contributed by atoms with Gasteiger partial charge in [0, 0.05) is 38.8 Å². The lowest BCUT2D eigenvalue weighted by atomic mass is 10.1. The summed E-state index contributed by atoms with van der Waals surface area (Å²) in [6.45, 7) is 2.71. The standard InChI is InChI=1S/C14H18N4O.C10H11NO2.CH2O/c1-15-13(14(19)16-2)12-9-11(17-18(12)3)10-7-5-4-6-8-10;1-11-6-7-3-4-8(13-2)5-9(7)10(11)12;1-2/h4-9,13,15H,1-3H3,(H,16,19);3-5H,6H2,1-2H3;1H2. The van der Waals surface area contributed by atoms with E-state index in [1.165, 1.54) is 0 Å². The van der Waals surface area contributed by atoms with Crippen LogP contribution in [0.3, 0.4) is 0 Å². The Labute approximate surface area is 199 Å². The summed E-state index contributed by atoms with van der Waals surface area (Å²) in [5.74, 6) is 0.737. The minimum absolute atomic E-state index is 0.0777. The van der Waals surface area contributed by atoms with E-state index in [4.69, 9.17) is 9.53 Å². The normalized spacial score (nSPS) is 12.5. The summed E-state index contributed by atoms with van der Waals surface area (Å²) in [5, 5.41) is 10.1. The SMILES string of the molecule is C=O.CNC(=O)C(NC)c1cc(-c2ccccc2)nn1C.COc1ccc2c(c1)C(=O)N(C)C2. The van der Waals surface area contributed by atoms with Gasteiger partial charge < -0.3 is 25.1 Å². The zero-order valence-corrected chi connectivity index (χ0v) is 20.2. The number of likely N-dealkylation sites (N-methyl/N-ethyl adjacent to an activating group) is 2. The summed E-state index contributed by atoms with van der Waals surface area (Å²) in [4.78, 5) is 33.1. The van der Waals surface area contributed by atoms with E-state index in [0.29, 0.717) is 6.54 Å². The molecule has 9 nitrogen and oxygen atoms in total. The molecule has 2 N–H and O–H groups in total. The van der Waals surface area contributed by atoms with Crippen LogP contribution in [0.25, 0.3) is 11.3 Å². The fraction of sp³-hybridized carbons (Fsp3) is 0.280. The van der Waals surface area contributed by atoms with Crippen LogP contribution >= 0.6 is 0 Å². The average molecular weight is 466 g/mol. The van der Waals surface area contributed by atoms with Gasteiger partial charge in [-0.2, -0.15) is 5.10 Å². The first-order chi connectivity index (χ1) is 16.4. The lowest BCUT2D eigenvalue weighted by Gasteiger charge is -2.14. The lowest BCUT2D eigenvalue weighted by molar-refractivity contribution is -0.122. The number of nitrogens with zero attached hydrogens (tertiary/aromatic N) is 3. The van der Waals surface area contributed by atoms with Crippen LogP contribution in [0.15, 0.2) is 54.6 Å². The van der Waals surface area contributed by atoms with E-state index in [-0.39, 0.29) is 11.8 Å². The van der Waals surface area contributed by atoms with Crippen molar-refractivity contribution in [1.82, 2.24) is 25.3 Å². The van der Waals surface area contributed by atoms with Crippen molar-refractivity contribution in [2.75, 3.05) is 28.3 Å². The molecule has 1 aliphatic heterocycles. The zero-order chi connectivity index (χ0) is 25.3. The molecular weight excluding hydrogens is 434 g/mol. The van der Waals surface area contributed by atoms with Gasteiger partial charge >= 0.3 is 0 Å². The fourth-order valence-corrected chi connectivity index (χ4v) is 3.61. The first-order valence-electron chi connectivity index (χ1n) is 10.6. The van der Waals surface area contributed by atoms with Gasteiger partial charge in [0.1, 0.15) is 18.6 Å². The molecule has 4 rings (SSSR count). The third-order valence-corrected chi connectivity index (χ3v) is 5.38. The quantitative estimate of drug-likeness (QED) is 0.599. The summed E-state index contributed by atoms with van der Waals surface area (Å²) in [7, 11) is 8.63. The molecule has 0 spiro atoms. The Morgan fingerprint density at radius 3 is 2.35 bits per heavy atom. The Hall–Kier alpha value is -3.98. The molecule has 0 bridgehead atoms. The largest absolute Gasteiger partial charge is 0.497 e. The molecule has 0 radical (unpaired) electrons. The van der Waals surface area contributed by atoms with Crippen molar-refractivity contribution in [1.29, 1.82) is 0 Å². The molecule has 3 aromatic rings. The number of carbonyl (C=O) groups is 3. The third-order valence-electron chi connectivity index (χ3n) is 5.38. The second-order valence-corrected chi connectivity index (χ2v) is 7.46. The minimum Gasteiger partial charge on any atom is -0.497 e. The molecule has 0 saturated heterocycles. The monoisotopic (exact) mass is 465 g/mol. The number of nitrogens with one attached hydrogen (secondary N) is 2. The molecule has 1 aromatic heterocycles. The van der Waals surface area contributed by atoms with Gasteiger partial charge in [0.05, 0.1) is 18.5 Å². The maximum absolute atomic E-state index is 11.8. The van der Waals surface area contributed by atoms with Crippen molar-refractivity contribution in [3.05, 3.63) is 71.4 Å². The highest BCUT2D eigenvalue weighted by Crippen LogP contribution is 2.25. The molecule has 0 aliphatic carbocycles. The molecule has 0 saturated carbocycles. The molecule has 2 aromatic carbocycles. The number of amides is 2. The van der Waals surface area contributed by atoms with Gasteiger partial charge in [0.15, 0.2) is 0 Å². The van der Waals surface area contributed by atoms with Crippen LogP contribution in [-0.4, -0.2) is 61.5 Å². The first kappa shape index (κ1) is 26.3. The molecule has 0 fully saturated rings. The van der Waals surface area contributed by atoms with Gasteiger partial charge in [0.2, 0.25) is 5.91 Å². The Bertz CT molecular complexity index is 1110. The number of rotatable bonds is 5. The molecule has 1 unspecified atom stereocenters. The van der Waals surface area contributed by atoms with Crippen LogP contribution in [0.2, 0.25) is 0 Å². The summed E-state index contributed by atoms with van der Waals surface area (Å²) in [6, 6.07) is 17.1. The number of methoxy groups -OCH3 is 1. The van der Waals surface area contributed by atoms with E-state index in [1.807, 2.05) is 62.4 Å². The van der Waals surface area contributed by atoms with E-state index >= 15 is 0 Å². The second-order valence-electron chi connectivity index (χ2n) is 7.46. The van der Waals surface area contributed by atoms with E-state index in [1.54, 1.807) is 43.9 Å². The van der Waals surface area contributed by atoms with Gasteiger partial charge in [-0.3, -0.25) is 14.3 Å². The van der Waals surface area contributed by atoms with E-state index in [9.17, 15) is 9.59 Å². The molecule has 2 amide bonds. The Morgan fingerprint density at radius 2 is 1.76 bits per heavy atom. The van der Waals surface area contributed by atoms with Crippen LogP contribution in [0.5, 0.6) is 5.75 Å². The molecule has 2 heterocycles. The van der Waals surface area contributed by atoms with Crippen LogP contribution < -0.4 is 15.4 Å². The van der Waals surface area contributed by atoms with Crippen molar-refractivity contribution in [2.45, 2.75) is 12.6 Å². The Morgan fingerprint density at radius 1 is 1.09 bits per heavy atom. The van der Waals surface area contributed by atoms with E-state index in [2.05, 4.69) is 15.7 Å². The summed E-state index contributed by atoms with van der Waals surface area (Å²) >= 11 is 0. The van der Waals surface area contributed by atoms with Gasteiger partial charge in [-0.25, -0.2) is 0 Å². The maximum Gasteiger partial charge on any atom is 0.254 e. The highest BCUT2D eigenvalue weighted by atomic mass is 16.5. The van der Waals surface area contributed by atoms with Gasteiger partial charge in [-0.1, -0.05) is 36.4 Å². The highest BCUT2D eigenvalue weighted by Gasteiger charge is 2.24. The number of aryl methyl sites for hydroxylation is 1. The van der Waals surface area contributed by atoms with Crippen molar-refractivity contribution in [3.63, 3.8) is 0 Å². The fourth-order valence-electron chi connectivity index (χ4n) is 3.61. The van der Waals surface area contributed by atoms with Crippen LogP contribution in [-0.2, 0) is 23.2 Å². The summed E-state index contributed by atoms with van der Waals surface area (Å²) in [5.41, 5.74) is 4.58. The third kappa shape index (κ3) is 5.87. The average Bonchev–Trinajstić information content (AvgIpc) is 3.40. The number of benzene rings is 2. The van der Waals surface area contributed by atoms with Gasteiger partial charge in [0.25, 0.3) is 5.91 Å². The van der Waals surface area contributed by atoms with Crippen LogP contribution in [0, 0.1) is 0 Å². The predicted octanol–water partition coefficient (Wildman–Crippen LogP) is 2.19. The molecule has 1 aliphatic rings. The molecular formula is C25H31N5O4. The van der Waals surface area contributed by atoms with E-state index < -0.39 is 6.04 Å². The van der Waals surface area contributed by atoms with Crippen molar-refractivity contribution >= 4 is 18.6 Å². The van der Waals surface area contributed by atoms with Crippen molar-refractivity contribution < 1.29 is 19.1 Å². The molecule has 9 heteroatoms. The van der Waals surface area contributed by atoms with E-state index in [0.717, 1.165) is 33.8 Å². The zero-order valence-electron chi connectivity index (χ0n) is 20.2. The number of aromatic nitrogens is 2. The van der Waals surface area contributed by atoms with Crippen molar-refractivity contribution in [3.8, 4) is 17.0 Å². The number of hydrogen-bond donors (Lipinski definition) is 2. The van der Waals surface area contributed by atoms with Crippen LogP contribution in [0.1, 0.15) is 27.7 Å². The molecule has 1 atom stereocenters. The number of fused-ring (bicyclic) bond motifs is 1. The number of ether oxygens (including phenoxy) is 1. The first-order valence-corrected chi connectivity index (χ1v) is 10.6. The van der Waals surface area contributed by atoms with Gasteiger partial charge in [-0.15, -0.1) is 0 Å². The summed E-state index contributed by atoms with van der Waals surface area (Å²) < 4.78 is 6.79. The Balaban J connectivity index is 0.000000237. The molecule has 180 valence electrons. The topological polar surface area (TPSA) is 106 Å². The lowest BCUT2D eigenvalue weighted by Crippen LogP contribution is -2.35. The Kier molecular flexibility index (Phi) is 9.51.